The molecular weight excluding hydrogens is 520 g/mol. The van der Waals surface area contributed by atoms with Crippen molar-refractivity contribution in [3.8, 4) is 0 Å². The molecular formula is C29H31ClN4O3S. The third kappa shape index (κ3) is 6.51. The van der Waals surface area contributed by atoms with E-state index in [0.717, 1.165) is 27.7 Å². The van der Waals surface area contributed by atoms with Crippen molar-refractivity contribution in [1.29, 1.82) is 0 Å². The van der Waals surface area contributed by atoms with E-state index in [9.17, 15) is 13.2 Å². The largest absolute Gasteiger partial charge is 0.383 e. The van der Waals surface area contributed by atoms with Gasteiger partial charge in [-0.05, 0) is 61.7 Å². The van der Waals surface area contributed by atoms with Crippen molar-refractivity contribution in [1.82, 2.24) is 14.6 Å². The summed E-state index contributed by atoms with van der Waals surface area (Å²) in [4.78, 5) is 17.5. The summed E-state index contributed by atoms with van der Waals surface area (Å²) in [5.41, 5.74) is 4.77. The predicted molar refractivity (Wildman–Crippen MR) is 153 cm³/mol. The van der Waals surface area contributed by atoms with Gasteiger partial charge in [-0.25, -0.2) is 8.42 Å². The van der Waals surface area contributed by atoms with Gasteiger partial charge in [0.2, 0.25) is 15.9 Å². The number of aromatic nitrogens is 1. The number of halogens is 1. The third-order valence-electron chi connectivity index (χ3n) is 6.19. The quantitative estimate of drug-likeness (QED) is 0.264. The van der Waals surface area contributed by atoms with Crippen LogP contribution in [0.15, 0.2) is 77.8 Å². The fraction of sp³-hybridized carbons (Fsp3) is 0.241. The zero-order valence-electron chi connectivity index (χ0n) is 21.7. The van der Waals surface area contributed by atoms with E-state index in [1.807, 2.05) is 61.5 Å². The van der Waals surface area contributed by atoms with Crippen molar-refractivity contribution >= 4 is 44.1 Å². The lowest BCUT2D eigenvalue weighted by Gasteiger charge is -2.24. The number of amides is 1. The van der Waals surface area contributed by atoms with E-state index in [1.165, 1.54) is 4.31 Å². The maximum atomic E-state index is 13.8. The maximum absolute atomic E-state index is 13.8. The number of rotatable bonds is 10. The molecule has 0 saturated heterocycles. The van der Waals surface area contributed by atoms with Crippen molar-refractivity contribution < 1.29 is 13.2 Å². The number of carbonyl (C=O) groups is 1. The molecule has 9 heteroatoms. The number of benzene rings is 3. The normalized spacial score (nSPS) is 11.6. The fourth-order valence-electron chi connectivity index (χ4n) is 4.61. The minimum Gasteiger partial charge on any atom is -0.383 e. The van der Waals surface area contributed by atoms with Crippen molar-refractivity contribution in [2.45, 2.75) is 32.2 Å². The summed E-state index contributed by atoms with van der Waals surface area (Å²) < 4.78 is 28.9. The molecule has 0 bridgehead atoms. The molecule has 0 fully saturated rings. The zero-order valence-corrected chi connectivity index (χ0v) is 23.2. The smallest absolute Gasteiger partial charge is 0.244 e. The van der Waals surface area contributed by atoms with E-state index in [-0.39, 0.29) is 23.9 Å². The van der Waals surface area contributed by atoms with E-state index in [1.54, 1.807) is 32.2 Å². The number of fused-ring (bicyclic) bond motifs is 1. The van der Waals surface area contributed by atoms with Crippen LogP contribution in [0.2, 0.25) is 5.02 Å². The molecule has 0 atom stereocenters. The molecule has 198 valence electrons. The van der Waals surface area contributed by atoms with Gasteiger partial charge in [0, 0.05) is 41.9 Å². The zero-order chi connectivity index (χ0) is 27.3. The summed E-state index contributed by atoms with van der Waals surface area (Å²) >= 11 is 6.07. The van der Waals surface area contributed by atoms with Gasteiger partial charge in [0.25, 0.3) is 0 Å². The van der Waals surface area contributed by atoms with Gasteiger partial charge in [-0.1, -0.05) is 59.6 Å². The second-order valence-electron chi connectivity index (χ2n) is 9.28. The Balaban J connectivity index is 1.46. The minimum atomic E-state index is -3.93. The number of hydrogen-bond acceptors (Lipinski definition) is 5. The Hall–Kier alpha value is -3.46. The second kappa shape index (κ2) is 11.9. The highest BCUT2D eigenvalue weighted by Crippen LogP contribution is 2.27. The Bertz CT molecular complexity index is 1540. The lowest BCUT2D eigenvalue weighted by Crippen LogP contribution is -2.41. The summed E-state index contributed by atoms with van der Waals surface area (Å²) in [6, 6.07) is 20.3. The fourth-order valence-corrected chi connectivity index (χ4v) is 6.57. The SMILES string of the molecule is Cc1cc(C)c(S(=O)(=O)N(CC(=O)NCCNc2ccnc3cc(Cl)ccc23)Cc2ccccc2)c(C)c1. The summed E-state index contributed by atoms with van der Waals surface area (Å²) in [5, 5.41) is 7.68. The van der Waals surface area contributed by atoms with Crippen LogP contribution >= 0.6 is 11.6 Å². The lowest BCUT2D eigenvalue weighted by molar-refractivity contribution is -0.121. The van der Waals surface area contributed by atoms with E-state index >= 15 is 0 Å². The summed E-state index contributed by atoms with van der Waals surface area (Å²) in [7, 11) is -3.93. The molecule has 0 saturated carbocycles. The first-order chi connectivity index (χ1) is 18.1. The Morgan fingerprint density at radius 3 is 2.37 bits per heavy atom. The van der Waals surface area contributed by atoms with Crippen LogP contribution in [0, 0.1) is 20.8 Å². The molecule has 1 heterocycles. The summed E-state index contributed by atoms with van der Waals surface area (Å²) in [5.74, 6) is -0.375. The molecule has 1 aromatic heterocycles. The molecule has 0 aliphatic heterocycles. The number of anilines is 1. The highest BCUT2D eigenvalue weighted by atomic mass is 35.5. The van der Waals surface area contributed by atoms with Gasteiger partial charge in [-0.3, -0.25) is 9.78 Å². The van der Waals surface area contributed by atoms with Crippen LogP contribution in [0.4, 0.5) is 5.69 Å². The van der Waals surface area contributed by atoms with Crippen LogP contribution in [0.5, 0.6) is 0 Å². The monoisotopic (exact) mass is 550 g/mol. The standard InChI is InChI=1S/C29H31ClN4O3S/c1-20-15-21(2)29(22(3)16-20)38(36,37)34(18-23-7-5-4-6-8-23)19-28(35)33-14-13-32-26-11-12-31-27-17-24(30)9-10-25(26)27/h4-12,15-17H,13-14,18-19H2,1-3H3,(H,31,32)(H,33,35). The Labute approximate surface area is 228 Å². The van der Waals surface area contributed by atoms with Crippen LogP contribution in [-0.2, 0) is 21.4 Å². The van der Waals surface area contributed by atoms with Gasteiger partial charge < -0.3 is 10.6 Å². The highest BCUT2D eigenvalue weighted by Gasteiger charge is 2.29. The number of carbonyl (C=O) groups excluding carboxylic acids is 1. The van der Waals surface area contributed by atoms with Gasteiger partial charge in [-0.15, -0.1) is 0 Å². The second-order valence-corrected chi connectivity index (χ2v) is 11.6. The molecule has 0 aliphatic carbocycles. The molecule has 0 aliphatic rings. The topological polar surface area (TPSA) is 91.4 Å². The molecule has 7 nitrogen and oxygen atoms in total. The van der Waals surface area contributed by atoms with Crippen molar-refractivity contribution in [2.24, 2.45) is 0 Å². The lowest BCUT2D eigenvalue weighted by atomic mass is 10.1. The van der Waals surface area contributed by atoms with Crippen LogP contribution in [-0.4, -0.2) is 43.2 Å². The number of hydrogen-bond donors (Lipinski definition) is 2. The molecule has 4 aromatic rings. The first kappa shape index (κ1) is 27.6. The summed E-state index contributed by atoms with van der Waals surface area (Å²) in [6.45, 7) is 6.08. The van der Waals surface area contributed by atoms with Gasteiger partial charge in [0.1, 0.15) is 0 Å². The van der Waals surface area contributed by atoms with Gasteiger partial charge in [-0.2, -0.15) is 4.31 Å². The van der Waals surface area contributed by atoms with Crippen LogP contribution < -0.4 is 10.6 Å². The van der Waals surface area contributed by atoms with Gasteiger partial charge in [0.15, 0.2) is 0 Å². The van der Waals surface area contributed by atoms with Crippen molar-refractivity contribution in [3.63, 3.8) is 0 Å². The molecule has 4 rings (SSSR count). The van der Waals surface area contributed by atoms with Crippen LogP contribution in [0.25, 0.3) is 10.9 Å². The predicted octanol–water partition coefficient (Wildman–Crippen LogP) is 5.23. The molecule has 2 N–H and O–H groups in total. The first-order valence-corrected chi connectivity index (χ1v) is 14.1. The molecule has 3 aromatic carbocycles. The van der Waals surface area contributed by atoms with Crippen molar-refractivity contribution in [3.05, 3.63) is 100 Å². The number of sulfonamides is 1. The highest BCUT2D eigenvalue weighted by molar-refractivity contribution is 7.89. The minimum absolute atomic E-state index is 0.0904. The molecule has 38 heavy (non-hydrogen) atoms. The number of aryl methyl sites for hydroxylation is 3. The van der Waals surface area contributed by atoms with Gasteiger partial charge >= 0.3 is 0 Å². The average Bonchev–Trinajstić information content (AvgIpc) is 2.86. The summed E-state index contributed by atoms with van der Waals surface area (Å²) in [6.07, 6.45) is 1.70. The van der Waals surface area contributed by atoms with Crippen molar-refractivity contribution in [2.75, 3.05) is 25.0 Å². The molecule has 0 unspecified atom stereocenters. The van der Waals surface area contributed by atoms with Crippen LogP contribution in [0.3, 0.4) is 0 Å². The van der Waals surface area contributed by atoms with E-state index < -0.39 is 10.0 Å². The third-order valence-corrected chi connectivity index (χ3v) is 8.52. The maximum Gasteiger partial charge on any atom is 0.244 e. The first-order valence-electron chi connectivity index (χ1n) is 12.3. The molecule has 1 amide bonds. The number of nitrogens with one attached hydrogen (secondary N) is 2. The van der Waals surface area contributed by atoms with E-state index in [4.69, 9.17) is 11.6 Å². The number of nitrogens with zero attached hydrogens (tertiary/aromatic N) is 2. The van der Waals surface area contributed by atoms with Crippen LogP contribution in [0.1, 0.15) is 22.3 Å². The van der Waals surface area contributed by atoms with Gasteiger partial charge in [0.05, 0.1) is 17.0 Å². The molecule has 0 radical (unpaired) electrons. The Kier molecular flexibility index (Phi) is 8.66. The Morgan fingerprint density at radius 2 is 1.66 bits per heavy atom. The van der Waals surface area contributed by atoms with E-state index in [2.05, 4.69) is 15.6 Å². The number of pyridine rings is 1. The van der Waals surface area contributed by atoms with E-state index in [0.29, 0.717) is 29.2 Å². The molecule has 0 spiro atoms. The average molecular weight is 551 g/mol. The Morgan fingerprint density at radius 1 is 0.947 bits per heavy atom.